The summed E-state index contributed by atoms with van der Waals surface area (Å²) < 4.78 is 17.6. The van der Waals surface area contributed by atoms with E-state index in [0.717, 1.165) is 18.2 Å². The monoisotopic (exact) mass is 356 g/mol. The zero-order valence-corrected chi connectivity index (χ0v) is 14.5. The van der Waals surface area contributed by atoms with Crippen molar-refractivity contribution >= 4 is 35.2 Å². The Morgan fingerprint density at radius 2 is 1.88 bits per heavy atom. The number of hydrogen-bond donors (Lipinski definition) is 2. The fourth-order valence-electron chi connectivity index (χ4n) is 1.57. The molecule has 8 heteroatoms. The molecule has 1 aromatic rings. The number of anilines is 1. The Balaban J connectivity index is 2.27. The lowest BCUT2D eigenvalue weighted by Crippen LogP contribution is -2.31. The Morgan fingerprint density at radius 3 is 2.50 bits per heavy atom. The standard InChI is InChI=1S/C16H21FN2O4S/c1-3-8-18-14(20)9-23-16(22)11(2)24-10-15(21)19-13-6-4-12(17)5-7-13/h4-7,11H,3,8-10H2,1-2H3,(H,18,20)(H,19,21)/t11-/m0/s1. The first-order valence-electron chi connectivity index (χ1n) is 7.52. The summed E-state index contributed by atoms with van der Waals surface area (Å²) in [5.41, 5.74) is 0.477. The van der Waals surface area contributed by atoms with Gasteiger partial charge in [0.15, 0.2) is 6.61 Å². The summed E-state index contributed by atoms with van der Waals surface area (Å²) in [5, 5.41) is 4.61. The second-order valence-corrected chi connectivity index (χ2v) is 6.30. The number of nitrogens with one attached hydrogen (secondary N) is 2. The van der Waals surface area contributed by atoms with Gasteiger partial charge in [0.05, 0.1) is 5.75 Å². The third-order valence-corrected chi connectivity index (χ3v) is 3.96. The number of carbonyl (C=O) groups is 3. The third-order valence-electron chi connectivity index (χ3n) is 2.84. The average molecular weight is 356 g/mol. The summed E-state index contributed by atoms with van der Waals surface area (Å²) in [6, 6.07) is 5.38. The minimum atomic E-state index is -0.581. The van der Waals surface area contributed by atoms with Gasteiger partial charge in [0.2, 0.25) is 5.91 Å². The first kappa shape index (κ1) is 20.0. The van der Waals surface area contributed by atoms with Gasteiger partial charge in [-0.2, -0.15) is 0 Å². The highest BCUT2D eigenvalue weighted by Gasteiger charge is 2.18. The van der Waals surface area contributed by atoms with Gasteiger partial charge >= 0.3 is 5.97 Å². The molecule has 2 N–H and O–H groups in total. The molecule has 0 aliphatic rings. The zero-order chi connectivity index (χ0) is 17.9. The maximum Gasteiger partial charge on any atom is 0.319 e. The second-order valence-electron chi connectivity index (χ2n) is 4.97. The molecule has 24 heavy (non-hydrogen) atoms. The lowest BCUT2D eigenvalue weighted by Gasteiger charge is -2.11. The van der Waals surface area contributed by atoms with Crippen molar-refractivity contribution in [3.05, 3.63) is 30.1 Å². The molecule has 0 aliphatic carbocycles. The predicted octanol–water partition coefficient (Wildman–Crippen LogP) is 1.96. The normalized spacial score (nSPS) is 11.5. The Kier molecular flexibility index (Phi) is 8.85. The first-order valence-corrected chi connectivity index (χ1v) is 8.57. The summed E-state index contributed by atoms with van der Waals surface area (Å²) in [7, 11) is 0. The van der Waals surface area contributed by atoms with Crippen LogP contribution in [0.3, 0.4) is 0 Å². The van der Waals surface area contributed by atoms with Crippen LogP contribution in [0.25, 0.3) is 0 Å². The largest absolute Gasteiger partial charge is 0.455 e. The van der Waals surface area contributed by atoms with E-state index in [1.54, 1.807) is 6.92 Å². The van der Waals surface area contributed by atoms with Crippen LogP contribution < -0.4 is 10.6 Å². The number of esters is 1. The summed E-state index contributed by atoms with van der Waals surface area (Å²) >= 11 is 1.09. The van der Waals surface area contributed by atoms with E-state index >= 15 is 0 Å². The minimum absolute atomic E-state index is 0.0374. The van der Waals surface area contributed by atoms with Crippen molar-refractivity contribution in [1.29, 1.82) is 0 Å². The first-order chi connectivity index (χ1) is 11.4. The molecule has 0 bridgehead atoms. The number of amides is 2. The Hall–Kier alpha value is -2.09. The fourth-order valence-corrected chi connectivity index (χ4v) is 2.25. The number of ether oxygens (including phenoxy) is 1. The van der Waals surface area contributed by atoms with Crippen LogP contribution in [0.2, 0.25) is 0 Å². The van der Waals surface area contributed by atoms with E-state index in [1.807, 2.05) is 6.92 Å². The lowest BCUT2D eigenvalue weighted by atomic mass is 10.3. The third kappa shape index (κ3) is 7.96. The van der Waals surface area contributed by atoms with Crippen LogP contribution in [0.4, 0.5) is 10.1 Å². The van der Waals surface area contributed by atoms with Crippen LogP contribution in [0.1, 0.15) is 20.3 Å². The van der Waals surface area contributed by atoms with Crippen molar-refractivity contribution in [2.75, 3.05) is 24.2 Å². The van der Waals surface area contributed by atoms with Crippen molar-refractivity contribution in [3.8, 4) is 0 Å². The molecule has 1 aromatic carbocycles. The van der Waals surface area contributed by atoms with E-state index in [4.69, 9.17) is 4.74 Å². The van der Waals surface area contributed by atoms with Crippen molar-refractivity contribution < 1.29 is 23.5 Å². The molecule has 0 saturated heterocycles. The highest BCUT2D eigenvalue weighted by Crippen LogP contribution is 2.14. The van der Waals surface area contributed by atoms with Gasteiger partial charge < -0.3 is 15.4 Å². The zero-order valence-electron chi connectivity index (χ0n) is 13.6. The van der Waals surface area contributed by atoms with Crippen molar-refractivity contribution in [1.82, 2.24) is 5.32 Å². The Bertz CT molecular complexity index is 566. The SMILES string of the molecule is CCCNC(=O)COC(=O)[C@H](C)SCC(=O)Nc1ccc(F)cc1. The quantitative estimate of drug-likeness (QED) is 0.661. The van der Waals surface area contributed by atoms with Gasteiger partial charge in [0.1, 0.15) is 11.1 Å². The van der Waals surface area contributed by atoms with E-state index < -0.39 is 11.2 Å². The molecule has 2 amide bonds. The van der Waals surface area contributed by atoms with E-state index in [-0.39, 0.29) is 30.0 Å². The Labute approximate surface area is 144 Å². The maximum absolute atomic E-state index is 12.8. The highest BCUT2D eigenvalue weighted by molar-refractivity contribution is 8.01. The molecule has 0 spiro atoms. The molecule has 0 fully saturated rings. The van der Waals surface area contributed by atoms with Gasteiger partial charge in [-0.3, -0.25) is 14.4 Å². The highest BCUT2D eigenvalue weighted by atomic mass is 32.2. The van der Waals surface area contributed by atoms with Crippen molar-refractivity contribution in [2.24, 2.45) is 0 Å². The summed E-state index contributed by atoms with van der Waals surface area (Å²) in [5.74, 6) is -1.57. The van der Waals surface area contributed by atoms with E-state index in [1.165, 1.54) is 24.3 Å². The molecular formula is C16H21FN2O4S. The molecule has 6 nitrogen and oxygen atoms in total. The molecule has 1 atom stereocenters. The van der Waals surface area contributed by atoms with Gasteiger partial charge in [-0.1, -0.05) is 6.92 Å². The van der Waals surface area contributed by atoms with E-state index in [0.29, 0.717) is 12.2 Å². The molecule has 0 heterocycles. The average Bonchev–Trinajstić information content (AvgIpc) is 2.57. The van der Waals surface area contributed by atoms with Crippen molar-refractivity contribution in [2.45, 2.75) is 25.5 Å². The van der Waals surface area contributed by atoms with Gasteiger partial charge in [-0.25, -0.2) is 4.39 Å². The topological polar surface area (TPSA) is 84.5 Å². The van der Waals surface area contributed by atoms with Crippen LogP contribution in [0.15, 0.2) is 24.3 Å². The molecule has 0 radical (unpaired) electrons. The van der Waals surface area contributed by atoms with Crippen LogP contribution in [0, 0.1) is 5.82 Å². The minimum Gasteiger partial charge on any atom is -0.455 e. The molecule has 0 saturated carbocycles. The summed E-state index contributed by atoms with van der Waals surface area (Å²) in [6.45, 7) is 3.72. The van der Waals surface area contributed by atoms with Crippen LogP contribution in [-0.4, -0.2) is 41.9 Å². The van der Waals surface area contributed by atoms with E-state index in [9.17, 15) is 18.8 Å². The predicted molar refractivity (Wildman–Crippen MR) is 91.2 cm³/mol. The van der Waals surface area contributed by atoms with Crippen LogP contribution >= 0.6 is 11.8 Å². The fraction of sp³-hybridized carbons (Fsp3) is 0.438. The van der Waals surface area contributed by atoms with Gasteiger partial charge in [-0.05, 0) is 37.6 Å². The summed E-state index contributed by atoms with van der Waals surface area (Å²) in [6.07, 6.45) is 0.801. The smallest absolute Gasteiger partial charge is 0.319 e. The van der Waals surface area contributed by atoms with Crippen LogP contribution in [-0.2, 0) is 19.1 Å². The number of hydrogen-bond acceptors (Lipinski definition) is 5. The molecule has 0 aliphatic heterocycles. The lowest BCUT2D eigenvalue weighted by molar-refractivity contribution is -0.147. The summed E-state index contributed by atoms with van der Waals surface area (Å²) in [4.78, 5) is 34.8. The number of rotatable bonds is 9. The van der Waals surface area contributed by atoms with E-state index in [2.05, 4.69) is 10.6 Å². The molecule has 0 aromatic heterocycles. The molecule has 0 unspecified atom stereocenters. The van der Waals surface area contributed by atoms with Gasteiger partial charge in [0.25, 0.3) is 5.91 Å². The maximum atomic E-state index is 12.8. The molecule has 132 valence electrons. The second kappa shape index (κ2) is 10.6. The number of halogens is 1. The Morgan fingerprint density at radius 1 is 1.21 bits per heavy atom. The number of benzene rings is 1. The van der Waals surface area contributed by atoms with Crippen LogP contribution in [0.5, 0.6) is 0 Å². The number of thioether (sulfide) groups is 1. The van der Waals surface area contributed by atoms with Crippen molar-refractivity contribution in [3.63, 3.8) is 0 Å². The van der Waals surface area contributed by atoms with Gasteiger partial charge in [0, 0.05) is 12.2 Å². The number of carbonyl (C=O) groups excluding carboxylic acids is 3. The molecular weight excluding hydrogens is 335 g/mol. The molecule has 1 rings (SSSR count). The van der Waals surface area contributed by atoms with Gasteiger partial charge in [-0.15, -0.1) is 11.8 Å².